The number of nitriles is 1. The van der Waals surface area contributed by atoms with E-state index in [4.69, 9.17) is 0 Å². The van der Waals surface area contributed by atoms with Crippen molar-refractivity contribution in [2.24, 2.45) is 0 Å². The van der Waals surface area contributed by atoms with Gasteiger partial charge in [-0.25, -0.2) is 18.3 Å². The predicted octanol–water partition coefficient (Wildman–Crippen LogP) is 3.81. The lowest BCUT2D eigenvalue weighted by atomic mass is 9.92. The Labute approximate surface area is 183 Å². The van der Waals surface area contributed by atoms with Crippen LogP contribution in [0.1, 0.15) is 35.7 Å². The average molecular weight is 433 g/mol. The lowest BCUT2D eigenvalue weighted by Crippen LogP contribution is -2.34. The van der Waals surface area contributed by atoms with Crippen molar-refractivity contribution in [3.63, 3.8) is 0 Å². The first-order valence-electron chi connectivity index (χ1n) is 10.6. The Hall–Kier alpha value is -3.51. The van der Waals surface area contributed by atoms with E-state index in [1.165, 1.54) is 10.6 Å². The molecule has 0 atom stereocenters. The maximum atomic E-state index is 15.1. The summed E-state index contributed by atoms with van der Waals surface area (Å²) in [6.45, 7) is 3.55. The molecule has 1 aliphatic heterocycles. The summed E-state index contributed by atoms with van der Waals surface area (Å²) in [6, 6.07) is 8.66. The number of hydrogen-bond donors (Lipinski definition) is 0. The highest BCUT2D eigenvalue weighted by Crippen LogP contribution is 2.31. The highest BCUT2D eigenvalue weighted by Gasteiger charge is 2.23. The van der Waals surface area contributed by atoms with Gasteiger partial charge in [0, 0.05) is 23.4 Å². The number of rotatable bonds is 4. The lowest BCUT2D eigenvalue weighted by molar-refractivity contribution is 0.195. The Morgan fingerprint density at radius 1 is 1.16 bits per heavy atom. The maximum absolute atomic E-state index is 15.1. The third kappa shape index (κ3) is 3.67. The minimum Gasteiger partial charge on any atom is -0.301 e. The van der Waals surface area contributed by atoms with Gasteiger partial charge in [-0.2, -0.15) is 20.6 Å². The van der Waals surface area contributed by atoms with Crippen molar-refractivity contribution >= 4 is 16.6 Å². The minimum absolute atomic E-state index is 0.188. The zero-order valence-corrected chi connectivity index (χ0v) is 17.6. The van der Waals surface area contributed by atoms with Crippen LogP contribution in [0, 0.1) is 24.1 Å². The molecule has 7 nitrogen and oxygen atoms in total. The molecule has 0 amide bonds. The Balaban J connectivity index is 1.49. The van der Waals surface area contributed by atoms with Gasteiger partial charge in [0.2, 0.25) is 0 Å². The van der Waals surface area contributed by atoms with E-state index in [0.29, 0.717) is 39.9 Å². The van der Waals surface area contributed by atoms with Crippen LogP contribution in [0.2, 0.25) is 0 Å². The van der Waals surface area contributed by atoms with Gasteiger partial charge in [0.25, 0.3) is 0 Å². The third-order valence-electron chi connectivity index (χ3n) is 6.04. The number of piperidine rings is 1. The molecule has 0 aliphatic carbocycles. The van der Waals surface area contributed by atoms with Crippen LogP contribution < -0.4 is 0 Å². The van der Waals surface area contributed by atoms with Gasteiger partial charge in [-0.15, -0.1) is 0 Å². The van der Waals surface area contributed by atoms with Crippen molar-refractivity contribution in [3.8, 4) is 17.3 Å². The number of halogens is 2. The molecule has 1 saturated heterocycles. The number of hydrogen-bond acceptors (Lipinski definition) is 6. The van der Waals surface area contributed by atoms with Crippen LogP contribution in [-0.2, 0) is 0 Å². The van der Waals surface area contributed by atoms with Crippen molar-refractivity contribution < 1.29 is 8.78 Å². The molecular formula is C23H21F2N7. The van der Waals surface area contributed by atoms with Crippen LogP contribution in [0.3, 0.4) is 0 Å². The summed E-state index contributed by atoms with van der Waals surface area (Å²) in [5, 5.41) is 23.1. The van der Waals surface area contributed by atoms with Crippen LogP contribution >= 0.6 is 0 Å². The molecule has 0 saturated carbocycles. The predicted molar refractivity (Wildman–Crippen MR) is 115 cm³/mol. The lowest BCUT2D eigenvalue weighted by Gasteiger charge is -2.30. The molecule has 162 valence electrons. The summed E-state index contributed by atoms with van der Waals surface area (Å²) >= 11 is 0. The van der Waals surface area contributed by atoms with E-state index < -0.39 is 5.82 Å². The number of aryl methyl sites for hydroxylation is 1. The van der Waals surface area contributed by atoms with Crippen LogP contribution in [-0.4, -0.2) is 56.0 Å². The molecule has 1 aliphatic rings. The van der Waals surface area contributed by atoms with Gasteiger partial charge >= 0.3 is 0 Å². The molecular weight excluding hydrogens is 412 g/mol. The number of fused-ring (bicyclic) bond motifs is 2. The molecule has 4 heterocycles. The van der Waals surface area contributed by atoms with Gasteiger partial charge < -0.3 is 4.90 Å². The van der Waals surface area contributed by atoms with E-state index in [1.807, 2.05) is 6.92 Å². The Kier molecular flexibility index (Phi) is 5.23. The zero-order chi connectivity index (χ0) is 22.2. The fraction of sp³-hybridized carbons (Fsp3) is 0.348. The second kappa shape index (κ2) is 8.20. The Morgan fingerprint density at radius 2 is 1.97 bits per heavy atom. The van der Waals surface area contributed by atoms with Gasteiger partial charge in [-0.05, 0) is 57.1 Å². The van der Waals surface area contributed by atoms with E-state index in [0.717, 1.165) is 37.3 Å². The second-order valence-corrected chi connectivity index (χ2v) is 8.17. The standard InChI is InChI=1S/C23H21F2N7/c1-14-13-32-23(27-14)17(12-26)10-21(30-32)16-8-19(25)18-11-20(28-29-22(18)9-16)15-2-5-31(6-3-15)7-4-24/h8-11,13,15H,2-7H2,1H3. The van der Waals surface area contributed by atoms with E-state index >= 15 is 4.39 Å². The number of alkyl halides is 1. The van der Waals surface area contributed by atoms with Gasteiger partial charge in [0.15, 0.2) is 5.65 Å². The van der Waals surface area contributed by atoms with E-state index in [9.17, 15) is 9.65 Å². The molecule has 1 fully saturated rings. The first-order chi connectivity index (χ1) is 15.6. The molecule has 32 heavy (non-hydrogen) atoms. The van der Waals surface area contributed by atoms with Gasteiger partial charge in [0.05, 0.1) is 34.4 Å². The van der Waals surface area contributed by atoms with Crippen LogP contribution in [0.15, 0.2) is 30.5 Å². The summed E-state index contributed by atoms with van der Waals surface area (Å²) in [4.78, 5) is 6.41. The fourth-order valence-electron chi connectivity index (χ4n) is 4.35. The zero-order valence-electron chi connectivity index (χ0n) is 17.6. The second-order valence-electron chi connectivity index (χ2n) is 8.17. The first-order valence-corrected chi connectivity index (χ1v) is 10.6. The molecule has 3 aromatic heterocycles. The summed E-state index contributed by atoms with van der Waals surface area (Å²) in [7, 11) is 0. The van der Waals surface area contributed by atoms with Crippen LogP contribution in [0.5, 0.6) is 0 Å². The quantitative estimate of drug-likeness (QED) is 0.487. The summed E-state index contributed by atoms with van der Waals surface area (Å²) in [5.74, 6) is -0.223. The van der Waals surface area contributed by atoms with E-state index in [1.54, 1.807) is 24.4 Å². The van der Waals surface area contributed by atoms with Crippen LogP contribution in [0.25, 0.3) is 27.8 Å². The van der Waals surface area contributed by atoms with Gasteiger partial charge in [-0.1, -0.05) is 0 Å². The summed E-state index contributed by atoms with van der Waals surface area (Å²) in [5.41, 5.74) is 3.75. The minimum atomic E-state index is -0.411. The van der Waals surface area contributed by atoms with Gasteiger partial charge in [-0.3, -0.25) is 0 Å². The smallest absolute Gasteiger partial charge is 0.171 e. The molecule has 0 bridgehead atoms. The number of likely N-dealkylation sites (tertiary alicyclic amines) is 1. The normalized spacial score (nSPS) is 15.4. The first kappa shape index (κ1) is 20.4. The third-order valence-corrected chi connectivity index (χ3v) is 6.04. The molecule has 9 heteroatoms. The average Bonchev–Trinajstić information content (AvgIpc) is 3.19. The number of nitrogens with zero attached hydrogens (tertiary/aromatic N) is 7. The SMILES string of the molecule is Cc1cn2nc(-c3cc(F)c4cc(C5CCN(CCF)CC5)nnc4c3)cc(C#N)c2n1. The Morgan fingerprint density at radius 3 is 2.72 bits per heavy atom. The van der Waals surface area contributed by atoms with Crippen molar-refractivity contribution in [1.82, 2.24) is 29.7 Å². The highest BCUT2D eigenvalue weighted by atomic mass is 19.1. The number of benzene rings is 1. The highest BCUT2D eigenvalue weighted by molar-refractivity contribution is 5.84. The molecule has 0 N–H and O–H groups in total. The summed E-state index contributed by atoms with van der Waals surface area (Å²) in [6.07, 6.45) is 3.43. The van der Waals surface area contributed by atoms with Crippen molar-refractivity contribution in [3.05, 3.63) is 53.2 Å². The monoisotopic (exact) mass is 433 g/mol. The number of imidazole rings is 1. The summed E-state index contributed by atoms with van der Waals surface area (Å²) < 4.78 is 29.2. The molecule has 0 spiro atoms. The topological polar surface area (TPSA) is 83.0 Å². The molecule has 1 aromatic carbocycles. The van der Waals surface area contributed by atoms with Gasteiger partial charge in [0.1, 0.15) is 18.6 Å². The molecule has 0 radical (unpaired) electrons. The largest absolute Gasteiger partial charge is 0.301 e. The van der Waals surface area contributed by atoms with E-state index in [2.05, 4.69) is 31.2 Å². The Bertz CT molecular complexity index is 1350. The van der Waals surface area contributed by atoms with E-state index in [-0.39, 0.29) is 12.6 Å². The van der Waals surface area contributed by atoms with Crippen molar-refractivity contribution in [1.29, 1.82) is 5.26 Å². The maximum Gasteiger partial charge on any atom is 0.171 e. The number of aromatic nitrogens is 5. The van der Waals surface area contributed by atoms with Crippen molar-refractivity contribution in [2.75, 3.05) is 26.3 Å². The van der Waals surface area contributed by atoms with Crippen LogP contribution in [0.4, 0.5) is 8.78 Å². The molecule has 0 unspecified atom stereocenters. The fourth-order valence-corrected chi connectivity index (χ4v) is 4.35. The molecule has 5 rings (SSSR count). The molecule has 4 aromatic rings. The van der Waals surface area contributed by atoms with Crippen molar-refractivity contribution in [2.45, 2.75) is 25.7 Å².